The minimum atomic E-state index is 0.939. The molecule has 1 saturated heterocycles. The predicted octanol–water partition coefficient (Wildman–Crippen LogP) is 3.93. The van der Waals surface area contributed by atoms with Gasteiger partial charge in [-0.1, -0.05) is 46.0 Å². The molecule has 0 radical (unpaired) electrons. The molecule has 0 amide bonds. The van der Waals surface area contributed by atoms with Crippen LogP contribution in [0.15, 0.2) is 0 Å². The second kappa shape index (κ2) is 7.27. The lowest BCUT2D eigenvalue weighted by Crippen LogP contribution is -2.30. The Kier molecular flexibility index (Phi) is 6.31. The van der Waals surface area contributed by atoms with Gasteiger partial charge in [-0.15, -0.1) is 0 Å². The van der Waals surface area contributed by atoms with Crippen molar-refractivity contribution in [3.05, 3.63) is 0 Å². The molecular formula is C14H29N. The van der Waals surface area contributed by atoms with Gasteiger partial charge < -0.3 is 4.90 Å². The van der Waals surface area contributed by atoms with Crippen LogP contribution in [0.4, 0.5) is 0 Å². The number of nitrogens with zero attached hydrogens (tertiary/aromatic N) is 1. The van der Waals surface area contributed by atoms with Crippen LogP contribution in [-0.2, 0) is 0 Å². The van der Waals surface area contributed by atoms with Crippen molar-refractivity contribution in [1.82, 2.24) is 4.90 Å². The first-order chi connectivity index (χ1) is 7.18. The molecule has 15 heavy (non-hydrogen) atoms. The van der Waals surface area contributed by atoms with Gasteiger partial charge in [0.25, 0.3) is 0 Å². The van der Waals surface area contributed by atoms with Crippen molar-refractivity contribution in [2.75, 3.05) is 20.1 Å². The molecule has 1 nitrogen and oxygen atoms in total. The van der Waals surface area contributed by atoms with Gasteiger partial charge in [0.1, 0.15) is 0 Å². The molecule has 2 rings (SSSR count). The second-order valence-corrected chi connectivity index (χ2v) is 5.75. The molecule has 2 aliphatic rings. The summed E-state index contributed by atoms with van der Waals surface area (Å²) < 4.78 is 0. The number of hydrogen-bond donors (Lipinski definition) is 0. The van der Waals surface area contributed by atoms with Gasteiger partial charge in [0.05, 0.1) is 0 Å². The Morgan fingerprint density at radius 1 is 0.800 bits per heavy atom. The van der Waals surface area contributed by atoms with E-state index in [1.54, 1.807) is 0 Å². The molecule has 0 N–H and O–H groups in total. The molecule has 1 heterocycles. The molecule has 0 bridgehead atoms. The van der Waals surface area contributed by atoms with E-state index in [1.165, 1.54) is 58.0 Å². The van der Waals surface area contributed by atoms with Crippen LogP contribution >= 0.6 is 0 Å². The Balaban J connectivity index is 0.000000151. The molecule has 0 aromatic rings. The van der Waals surface area contributed by atoms with Gasteiger partial charge in [0.15, 0.2) is 0 Å². The third kappa shape index (κ3) is 6.19. The predicted molar refractivity (Wildman–Crippen MR) is 68.1 cm³/mol. The monoisotopic (exact) mass is 211 g/mol. The maximum absolute atomic E-state index is 2.41. The van der Waals surface area contributed by atoms with E-state index in [-0.39, 0.29) is 0 Å². The number of likely N-dealkylation sites (tertiary alicyclic amines) is 1. The molecule has 90 valence electrons. The van der Waals surface area contributed by atoms with Crippen molar-refractivity contribution in [2.45, 2.75) is 58.8 Å². The highest BCUT2D eigenvalue weighted by atomic mass is 15.1. The summed E-state index contributed by atoms with van der Waals surface area (Å²) in [6, 6.07) is 0. The normalized spacial score (nSPS) is 29.4. The van der Waals surface area contributed by atoms with Gasteiger partial charge in [0, 0.05) is 6.54 Å². The van der Waals surface area contributed by atoms with Crippen molar-refractivity contribution in [3.63, 3.8) is 0 Å². The number of piperidine rings is 1. The standard InChI is InChI=1S/C7H15N.C7H14/c1-7-4-3-5-8(2)6-7;1-7-5-3-2-4-6-7/h7H,3-6H2,1-2H3;7H,2-6H2,1H3/t7-;/m0./s1. The maximum Gasteiger partial charge on any atom is 0.000398 e. The molecule has 0 aromatic heterocycles. The van der Waals surface area contributed by atoms with E-state index in [2.05, 4.69) is 25.8 Å². The van der Waals surface area contributed by atoms with E-state index in [1.807, 2.05) is 0 Å². The van der Waals surface area contributed by atoms with Crippen molar-refractivity contribution < 1.29 is 0 Å². The highest BCUT2D eigenvalue weighted by molar-refractivity contribution is 4.65. The lowest BCUT2D eigenvalue weighted by atomic mass is 9.91. The van der Waals surface area contributed by atoms with E-state index in [9.17, 15) is 0 Å². The van der Waals surface area contributed by atoms with Crippen molar-refractivity contribution in [3.8, 4) is 0 Å². The lowest BCUT2D eigenvalue weighted by molar-refractivity contribution is 0.221. The van der Waals surface area contributed by atoms with Crippen LogP contribution in [-0.4, -0.2) is 25.0 Å². The fourth-order valence-corrected chi connectivity index (χ4v) is 2.73. The van der Waals surface area contributed by atoms with E-state index in [0.29, 0.717) is 0 Å². The van der Waals surface area contributed by atoms with Crippen molar-refractivity contribution >= 4 is 0 Å². The summed E-state index contributed by atoms with van der Waals surface area (Å²) in [5.41, 5.74) is 0. The quantitative estimate of drug-likeness (QED) is 0.587. The van der Waals surface area contributed by atoms with E-state index >= 15 is 0 Å². The highest BCUT2D eigenvalue weighted by Crippen LogP contribution is 2.22. The molecule has 1 heteroatoms. The summed E-state index contributed by atoms with van der Waals surface area (Å²) in [6.07, 6.45) is 10.3. The average Bonchev–Trinajstić information content (AvgIpc) is 2.19. The topological polar surface area (TPSA) is 3.24 Å². The second-order valence-electron chi connectivity index (χ2n) is 5.75. The molecular weight excluding hydrogens is 182 g/mol. The molecule has 1 aliphatic carbocycles. The average molecular weight is 211 g/mol. The first kappa shape index (κ1) is 13.0. The van der Waals surface area contributed by atoms with E-state index in [0.717, 1.165) is 11.8 Å². The van der Waals surface area contributed by atoms with Gasteiger partial charge >= 0.3 is 0 Å². The van der Waals surface area contributed by atoms with E-state index in [4.69, 9.17) is 0 Å². The fourth-order valence-electron chi connectivity index (χ4n) is 2.73. The highest BCUT2D eigenvalue weighted by Gasteiger charge is 2.11. The van der Waals surface area contributed by atoms with Crippen LogP contribution in [0.2, 0.25) is 0 Å². The zero-order chi connectivity index (χ0) is 11.1. The molecule has 2 fully saturated rings. The summed E-state index contributed by atoms with van der Waals surface area (Å²) in [5.74, 6) is 1.97. The Morgan fingerprint density at radius 3 is 1.73 bits per heavy atom. The first-order valence-electron chi connectivity index (χ1n) is 6.87. The van der Waals surface area contributed by atoms with Crippen molar-refractivity contribution in [2.24, 2.45) is 11.8 Å². The zero-order valence-electron chi connectivity index (χ0n) is 11.0. The summed E-state index contributed by atoms with van der Waals surface area (Å²) >= 11 is 0. The van der Waals surface area contributed by atoms with Crippen LogP contribution in [0.5, 0.6) is 0 Å². The van der Waals surface area contributed by atoms with Crippen LogP contribution in [0.1, 0.15) is 58.8 Å². The van der Waals surface area contributed by atoms with Gasteiger partial charge in [-0.05, 0) is 38.3 Å². The van der Waals surface area contributed by atoms with E-state index < -0.39 is 0 Å². The molecule has 0 spiro atoms. The number of hydrogen-bond acceptors (Lipinski definition) is 1. The lowest BCUT2D eigenvalue weighted by Gasteiger charge is -2.26. The summed E-state index contributed by atoms with van der Waals surface area (Å²) in [6.45, 7) is 7.30. The van der Waals surface area contributed by atoms with Crippen LogP contribution in [0.3, 0.4) is 0 Å². The Bertz CT molecular complexity index is 141. The van der Waals surface area contributed by atoms with Crippen LogP contribution < -0.4 is 0 Å². The van der Waals surface area contributed by atoms with Gasteiger partial charge in [0.2, 0.25) is 0 Å². The minimum Gasteiger partial charge on any atom is -0.306 e. The maximum atomic E-state index is 2.41. The fraction of sp³-hybridized carbons (Fsp3) is 1.00. The Morgan fingerprint density at radius 2 is 1.40 bits per heavy atom. The zero-order valence-corrected chi connectivity index (χ0v) is 11.0. The minimum absolute atomic E-state index is 0.939. The van der Waals surface area contributed by atoms with Gasteiger partial charge in [-0.3, -0.25) is 0 Å². The smallest absolute Gasteiger partial charge is 0.000398 e. The summed E-state index contributed by atoms with van der Waals surface area (Å²) in [4.78, 5) is 2.41. The largest absolute Gasteiger partial charge is 0.306 e. The molecule has 0 aromatic carbocycles. The molecule has 1 atom stereocenters. The summed E-state index contributed by atoms with van der Waals surface area (Å²) in [5, 5.41) is 0. The summed E-state index contributed by atoms with van der Waals surface area (Å²) in [7, 11) is 2.20. The SMILES string of the molecule is CC1CCCCC1.C[C@H]1CCCN(C)C1. The van der Waals surface area contributed by atoms with Crippen LogP contribution in [0, 0.1) is 11.8 Å². The number of rotatable bonds is 0. The van der Waals surface area contributed by atoms with Gasteiger partial charge in [-0.25, -0.2) is 0 Å². The third-order valence-electron chi connectivity index (χ3n) is 3.75. The van der Waals surface area contributed by atoms with Gasteiger partial charge in [-0.2, -0.15) is 0 Å². The Hall–Kier alpha value is -0.0400. The molecule has 0 unspecified atom stereocenters. The van der Waals surface area contributed by atoms with Crippen molar-refractivity contribution in [1.29, 1.82) is 0 Å². The molecule has 1 aliphatic heterocycles. The Labute approximate surface area is 96.2 Å². The first-order valence-corrected chi connectivity index (χ1v) is 6.87. The third-order valence-corrected chi connectivity index (χ3v) is 3.75. The van der Waals surface area contributed by atoms with Crippen LogP contribution in [0.25, 0.3) is 0 Å². The molecule has 1 saturated carbocycles.